The number of hydrogen-bond acceptors (Lipinski definition) is 5. The van der Waals surface area contributed by atoms with E-state index in [0.717, 1.165) is 0 Å². The van der Waals surface area contributed by atoms with E-state index in [4.69, 9.17) is 0 Å². The van der Waals surface area contributed by atoms with E-state index in [1.807, 2.05) is 5.32 Å². The van der Waals surface area contributed by atoms with E-state index in [-0.39, 0.29) is 70.2 Å². The summed E-state index contributed by atoms with van der Waals surface area (Å²) in [5.41, 5.74) is 0.209. The molecule has 0 aliphatic heterocycles. The molecule has 0 bridgehead atoms. The topological polar surface area (TPSA) is 137 Å². The second kappa shape index (κ2) is 10.6. The molecule has 7 nitrogen and oxygen atoms in total. The number of amides is 1. The van der Waals surface area contributed by atoms with Gasteiger partial charge < -0.3 is 25.1 Å². The number of rotatable bonds is 3. The minimum atomic E-state index is -4.69. The Morgan fingerprint density at radius 2 is 2.00 bits per heavy atom. The summed E-state index contributed by atoms with van der Waals surface area (Å²) in [6.07, 6.45) is 1.86. The number of hydrogen-bond donors (Lipinski definition) is 1. The Morgan fingerprint density at radius 3 is 2.41 bits per heavy atom. The quantitative estimate of drug-likeness (QED) is 0.432. The molecule has 1 heterocycles. The first kappa shape index (κ1) is 22.9. The van der Waals surface area contributed by atoms with E-state index < -0.39 is 19.8 Å². The Bertz CT molecular complexity index is 372. The molecule has 84 valence electrons. The van der Waals surface area contributed by atoms with Crippen LogP contribution in [0, 0.1) is 0 Å². The molecule has 0 fully saturated rings. The predicted molar refractivity (Wildman–Crippen MR) is 47.8 cm³/mol. The van der Waals surface area contributed by atoms with Crippen molar-refractivity contribution in [3.8, 4) is 0 Å². The van der Waals surface area contributed by atoms with Crippen LogP contribution in [0.15, 0.2) is 24.5 Å². The average molecular weight is 278 g/mol. The van der Waals surface area contributed by atoms with Gasteiger partial charge in [-0.3, -0.25) is 9.78 Å². The van der Waals surface area contributed by atoms with Crippen molar-refractivity contribution in [2.24, 2.45) is 0 Å². The van der Waals surface area contributed by atoms with Crippen molar-refractivity contribution in [3.05, 3.63) is 30.1 Å². The molecular weight excluding hydrogens is 269 g/mol. The molecule has 17 heavy (non-hydrogen) atoms. The molecule has 1 rings (SSSR count). The first-order valence-corrected chi connectivity index (χ1v) is 5.41. The molecule has 0 aliphatic carbocycles. The largest absolute Gasteiger partial charge is 1.00 e. The molecule has 1 aromatic rings. The molecule has 10 heteroatoms. The fraction of sp³-hybridized carbons (Fsp3) is 0.143. The number of pyridine rings is 1. The van der Waals surface area contributed by atoms with Crippen molar-refractivity contribution < 1.29 is 83.7 Å². The number of nitrogens with zero attached hydrogens (tertiary/aromatic N) is 1. The molecule has 3 N–H and O–H groups in total. The maximum atomic E-state index is 11.1. The molecule has 0 saturated heterocycles. The fourth-order valence-electron chi connectivity index (χ4n) is 0.768. The minimum absolute atomic E-state index is 0. The molecule has 0 spiro atoms. The van der Waals surface area contributed by atoms with E-state index >= 15 is 0 Å². The van der Waals surface area contributed by atoms with Crippen LogP contribution >= 0.6 is 7.60 Å². The van der Waals surface area contributed by atoms with Crippen LogP contribution in [0.2, 0.25) is 0 Å². The van der Waals surface area contributed by atoms with Crippen LogP contribution in [0.5, 0.6) is 0 Å². The standard InChI is InChI=1S/C7H9N2O4P.2Na.H2O/c10-7(9-5-14(11,12)13)6-2-1-3-8-4-6;;;/h1-4H,5H2,(H,9,10)(H2,11,12,13);;;1H2/q;2*+1;/p-2. The van der Waals surface area contributed by atoms with E-state index in [1.54, 1.807) is 0 Å². The Balaban J connectivity index is -0.000000653. The predicted octanol–water partition coefficient (Wildman–Crippen LogP) is -8.13. The molecule has 1 aromatic heterocycles. The molecule has 0 radical (unpaired) electrons. The monoisotopic (exact) mass is 278 g/mol. The van der Waals surface area contributed by atoms with Gasteiger partial charge in [0.05, 0.1) is 5.56 Å². The van der Waals surface area contributed by atoms with Gasteiger partial charge in [-0.05, 0) is 19.7 Å². The van der Waals surface area contributed by atoms with Crippen LogP contribution in [0.3, 0.4) is 0 Å². The summed E-state index contributed by atoms with van der Waals surface area (Å²) in [5, 5.41) is 1.97. The van der Waals surface area contributed by atoms with Gasteiger partial charge in [0.25, 0.3) is 5.91 Å². The normalized spacial score (nSPS) is 9.06. The van der Waals surface area contributed by atoms with Crippen molar-refractivity contribution in [1.29, 1.82) is 0 Å². The Hall–Kier alpha value is 0.730. The van der Waals surface area contributed by atoms with Gasteiger partial charge in [-0.1, -0.05) is 0 Å². The van der Waals surface area contributed by atoms with Gasteiger partial charge in [0.1, 0.15) is 0 Å². The summed E-state index contributed by atoms with van der Waals surface area (Å²) in [6.45, 7) is 0. The van der Waals surface area contributed by atoms with Gasteiger partial charge in [-0.2, -0.15) is 0 Å². The molecular formula is C7H9N2Na2O5P. The zero-order valence-corrected chi connectivity index (χ0v) is 14.4. The van der Waals surface area contributed by atoms with Crippen LogP contribution < -0.4 is 74.2 Å². The smallest absolute Gasteiger partial charge is 0.810 e. The SMILES string of the molecule is O.O=C(NCP(=O)([O-])[O-])c1cccnc1.[Na+].[Na+]. The number of nitrogens with one attached hydrogen (secondary N) is 1. The minimum Gasteiger partial charge on any atom is -0.810 e. The first-order chi connectivity index (χ1) is 6.49. The van der Waals surface area contributed by atoms with Gasteiger partial charge in [0, 0.05) is 18.7 Å². The van der Waals surface area contributed by atoms with Crippen LogP contribution in [0.25, 0.3) is 0 Å². The van der Waals surface area contributed by atoms with Gasteiger partial charge >= 0.3 is 59.1 Å². The molecule has 0 saturated carbocycles. The maximum absolute atomic E-state index is 11.1. The number of carbonyl (C=O) groups is 1. The third kappa shape index (κ3) is 10.3. The van der Waals surface area contributed by atoms with Gasteiger partial charge in [-0.15, -0.1) is 0 Å². The molecule has 0 aliphatic rings. The molecule has 0 aromatic carbocycles. The Morgan fingerprint density at radius 1 is 1.41 bits per heavy atom. The van der Waals surface area contributed by atoms with E-state index in [1.165, 1.54) is 24.5 Å². The summed E-state index contributed by atoms with van der Waals surface area (Å²) in [7, 11) is -4.69. The number of aromatic nitrogens is 1. The van der Waals surface area contributed by atoms with E-state index in [2.05, 4.69) is 4.98 Å². The maximum Gasteiger partial charge on any atom is 1.00 e. The zero-order chi connectivity index (χ0) is 10.6. The fourth-order valence-corrected chi connectivity index (χ4v) is 1.11. The molecule has 1 amide bonds. The Kier molecular flexibility index (Phi) is 14.3. The molecule has 0 atom stereocenters. The van der Waals surface area contributed by atoms with Crippen molar-refractivity contribution in [1.82, 2.24) is 10.3 Å². The van der Waals surface area contributed by atoms with Gasteiger partial charge in [0.2, 0.25) is 0 Å². The average Bonchev–Trinajstić information content (AvgIpc) is 2.14. The van der Waals surface area contributed by atoms with Crippen LogP contribution in [-0.4, -0.2) is 22.7 Å². The molecule has 0 unspecified atom stereocenters. The Labute approximate surface area is 142 Å². The zero-order valence-electron chi connectivity index (χ0n) is 9.54. The second-order valence-corrected chi connectivity index (χ2v) is 4.05. The van der Waals surface area contributed by atoms with Gasteiger partial charge in [0.15, 0.2) is 0 Å². The third-order valence-electron chi connectivity index (χ3n) is 1.36. The number of carbonyl (C=O) groups excluding carboxylic acids is 1. The van der Waals surface area contributed by atoms with Crippen LogP contribution in [0.4, 0.5) is 0 Å². The summed E-state index contributed by atoms with van der Waals surface area (Å²) in [4.78, 5) is 35.2. The summed E-state index contributed by atoms with van der Waals surface area (Å²) in [6, 6.07) is 2.99. The van der Waals surface area contributed by atoms with Crippen LogP contribution in [0.1, 0.15) is 10.4 Å². The first-order valence-electron chi connectivity index (χ1n) is 3.68. The van der Waals surface area contributed by atoms with Crippen molar-refractivity contribution >= 4 is 13.5 Å². The van der Waals surface area contributed by atoms with Crippen LogP contribution in [-0.2, 0) is 4.57 Å². The van der Waals surface area contributed by atoms with E-state index in [0.29, 0.717) is 0 Å². The second-order valence-electron chi connectivity index (χ2n) is 2.52. The van der Waals surface area contributed by atoms with Crippen molar-refractivity contribution in [2.45, 2.75) is 0 Å². The third-order valence-corrected chi connectivity index (χ3v) is 1.90. The van der Waals surface area contributed by atoms with Crippen molar-refractivity contribution in [3.63, 3.8) is 0 Å². The summed E-state index contributed by atoms with van der Waals surface area (Å²) < 4.78 is 10.2. The summed E-state index contributed by atoms with van der Waals surface area (Å²) >= 11 is 0. The summed E-state index contributed by atoms with van der Waals surface area (Å²) in [5.74, 6) is -0.634. The van der Waals surface area contributed by atoms with E-state index in [9.17, 15) is 19.1 Å². The van der Waals surface area contributed by atoms with Crippen molar-refractivity contribution in [2.75, 3.05) is 6.29 Å². The van der Waals surface area contributed by atoms with Gasteiger partial charge in [-0.25, -0.2) is 0 Å².